The summed E-state index contributed by atoms with van der Waals surface area (Å²) in [6.07, 6.45) is 9.80. The number of fused-ring (bicyclic) bond motifs is 4. The van der Waals surface area contributed by atoms with E-state index in [-0.39, 0.29) is 5.69 Å². The normalized spacial score (nSPS) is 13.5. The predicted molar refractivity (Wildman–Crippen MR) is 144 cm³/mol. The van der Waals surface area contributed by atoms with Gasteiger partial charge in [0.1, 0.15) is 11.2 Å². The second-order valence-electron chi connectivity index (χ2n) is 8.94. The summed E-state index contributed by atoms with van der Waals surface area (Å²) in [4.78, 5) is 21.8. The second kappa shape index (κ2) is 8.17. The van der Waals surface area contributed by atoms with Crippen LogP contribution < -0.4 is 5.69 Å². The summed E-state index contributed by atoms with van der Waals surface area (Å²) >= 11 is 0. The van der Waals surface area contributed by atoms with Crippen LogP contribution in [0.1, 0.15) is 18.7 Å². The van der Waals surface area contributed by atoms with Gasteiger partial charge in [-0.05, 0) is 42.2 Å². The first-order chi connectivity index (χ1) is 17.8. The third kappa shape index (κ3) is 3.28. The number of aromatic nitrogens is 3. The molecule has 5 heteroatoms. The van der Waals surface area contributed by atoms with Crippen molar-refractivity contribution in [3.05, 3.63) is 120 Å². The van der Waals surface area contributed by atoms with E-state index in [2.05, 4.69) is 65.7 Å². The van der Waals surface area contributed by atoms with E-state index in [1.165, 1.54) is 4.40 Å². The third-order valence-corrected chi connectivity index (χ3v) is 6.75. The van der Waals surface area contributed by atoms with Crippen LogP contribution in [-0.4, -0.2) is 14.4 Å². The highest BCUT2D eigenvalue weighted by molar-refractivity contribution is 6.09. The zero-order chi connectivity index (χ0) is 24.1. The van der Waals surface area contributed by atoms with Gasteiger partial charge in [0.25, 0.3) is 0 Å². The van der Waals surface area contributed by atoms with Crippen molar-refractivity contribution in [1.29, 1.82) is 0 Å². The zero-order valence-electron chi connectivity index (χ0n) is 19.4. The van der Waals surface area contributed by atoms with Gasteiger partial charge in [0, 0.05) is 33.7 Å². The number of nitrogens with zero attached hydrogens (tertiary/aromatic N) is 3. The lowest BCUT2D eigenvalue weighted by atomic mass is 9.99. The summed E-state index contributed by atoms with van der Waals surface area (Å²) in [6.45, 7) is 0. The molecule has 7 rings (SSSR count). The Morgan fingerprint density at radius 1 is 0.750 bits per heavy atom. The standard InChI is InChI=1S/C31H21N3O2/c35-31-33-29(22-8-2-1-3-9-22)32-30-24(13-7-19-34(30)31)21-17-15-20(16-18-21)23-11-6-12-26-25-10-4-5-14-27(25)36-28(23)26/h2,4-19H,1,3H2. The van der Waals surface area contributed by atoms with Gasteiger partial charge < -0.3 is 4.42 Å². The number of para-hydroxylation sites is 2. The van der Waals surface area contributed by atoms with Gasteiger partial charge in [-0.25, -0.2) is 9.78 Å². The summed E-state index contributed by atoms with van der Waals surface area (Å²) in [6, 6.07) is 26.5. The maximum absolute atomic E-state index is 12.8. The highest BCUT2D eigenvalue weighted by atomic mass is 16.3. The molecule has 0 unspecified atom stereocenters. The van der Waals surface area contributed by atoms with Gasteiger partial charge >= 0.3 is 5.69 Å². The van der Waals surface area contributed by atoms with Crippen molar-refractivity contribution in [2.24, 2.45) is 0 Å². The minimum atomic E-state index is -0.329. The quantitative estimate of drug-likeness (QED) is 0.280. The van der Waals surface area contributed by atoms with Crippen LogP contribution in [0.4, 0.5) is 0 Å². The molecule has 172 valence electrons. The second-order valence-corrected chi connectivity index (χ2v) is 8.94. The molecular formula is C31H21N3O2. The van der Waals surface area contributed by atoms with Gasteiger partial charge in [0.05, 0.1) is 0 Å². The molecule has 0 saturated carbocycles. The molecule has 0 aliphatic heterocycles. The van der Waals surface area contributed by atoms with Crippen LogP contribution in [0.3, 0.4) is 0 Å². The first-order valence-corrected chi connectivity index (χ1v) is 12.0. The lowest BCUT2D eigenvalue weighted by molar-refractivity contribution is 0.670. The number of rotatable bonds is 3. The van der Waals surface area contributed by atoms with E-state index in [0.717, 1.165) is 62.6 Å². The number of allylic oxidation sites excluding steroid dienone is 4. The first kappa shape index (κ1) is 20.6. The molecule has 36 heavy (non-hydrogen) atoms. The summed E-state index contributed by atoms with van der Waals surface area (Å²) in [7, 11) is 0. The van der Waals surface area contributed by atoms with Crippen LogP contribution in [0.2, 0.25) is 0 Å². The van der Waals surface area contributed by atoms with Crippen molar-refractivity contribution in [3.63, 3.8) is 0 Å². The topological polar surface area (TPSA) is 60.4 Å². The van der Waals surface area contributed by atoms with E-state index in [4.69, 9.17) is 9.40 Å². The Hall–Kier alpha value is -4.77. The highest BCUT2D eigenvalue weighted by Gasteiger charge is 2.14. The number of hydrogen-bond donors (Lipinski definition) is 0. The van der Waals surface area contributed by atoms with E-state index in [1.807, 2.05) is 36.4 Å². The van der Waals surface area contributed by atoms with Crippen molar-refractivity contribution in [3.8, 4) is 22.3 Å². The minimum Gasteiger partial charge on any atom is -0.455 e. The zero-order valence-corrected chi connectivity index (χ0v) is 19.4. The molecule has 0 spiro atoms. The highest BCUT2D eigenvalue weighted by Crippen LogP contribution is 2.36. The van der Waals surface area contributed by atoms with Crippen LogP contribution >= 0.6 is 0 Å². The monoisotopic (exact) mass is 467 g/mol. The molecule has 1 aliphatic rings. The van der Waals surface area contributed by atoms with Gasteiger partial charge in [-0.15, -0.1) is 0 Å². The number of benzene rings is 3. The van der Waals surface area contributed by atoms with Crippen molar-refractivity contribution < 1.29 is 4.42 Å². The van der Waals surface area contributed by atoms with Crippen LogP contribution in [0.15, 0.2) is 112 Å². The largest absolute Gasteiger partial charge is 0.455 e. The van der Waals surface area contributed by atoms with Gasteiger partial charge in [-0.3, -0.25) is 4.40 Å². The maximum atomic E-state index is 12.8. The van der Waals surface area contributed by atoms with Gasteiger partial charge in [-0.1, -0.05) is 78.9 Å². The molecule has 3 heterocycles. The summed E-state index contributed by atoms with van der Waals surface area (Å²) in [5, 5.41) is 2.22. The Morgan fingerprint density at radius 3 is 2.36 bits per heavy atom. The molecule has 0 fully saturated rings. The summed E-state index contributed by atoms with van der Waals surface area (Å²) in [5.74, 6) is 0.469. The van der Waals surface area contributed by atoms with Crippen molar-refractivity contribution in [1.82, 2.24) is 14.4 Å². The lowest BCUT2D eigenvalue weighted by Gasteiger charge is -2.11. The summed E-state index contributed by atoms with van der Waals surface area (Å²) in [5.41, 5.74) is 6.90. The predicted octanol–water partition coefficient (Wildman–Crippen LogP) is 7.06. The van der Waals surface area contributed by atoms with E-state index in [0.29, 0.717) is 11.5 Å². The molecule has 3 aromatic carbocycles. The third-order valence-electron chi connectivity index (χ3n) is 6.75. The number of hydrogen-bond acceptors (Lipinski definition) is 4. The van der Waals surface area contributed by atoms with E-state index >= 15 is 0 Å². The molecule has 0 saturated heterocycles. The van der Waals surface area contributed by atoms with Crippen molar-refractivity contribution in [2.45, 2.75) is 12.8 Å². The molecule has 0 bridgehead atoms. The van der Waals surface area contributed by atoms with Crippen LogP contribution in [0.5, 0.6) is 0 Å². The average Bonchev–Trinajstić information content (AvgIpc) is 3.32. The van der Waals surface area contributed by atoms with E-state index < -0.39 is 0 Å². The molecule has 3 aromatic heterocycles. The SMILES string of the molecule is O=c1nc(C2=CCCC=C2)nc2c(-c3ccc(-c4cccc5c4oc4ccccc45)cc3)cccn12. The lowest BCUT2D eigenvalue weighted by Crippen LogP contribution is -2.20. The molecule has 0 radical (unpaired) electrons. The molecule has 0 N–H and O–H groups in total. The van der Waals surface area contributed by atoms with Gasteiger partial charge in [-0.2, -0.15) is 4.98 Å². The molecule has 1 aliphatic carbocycles. The Morgan fingerprint density at radius 2 is 1.53 bits per heavy atom. The molecular weight excluding hydrogens is 446 g/mol. The Kier molecular flexibility index (Phi) is 4.67. The fourth-order valence-electron chi connectivity index (χ4n) is 4.98. The number of furan rings is 1. The Labute approximate surface area is 206 Å². The van der Waals surface area contributed by atoms with Gasteiger partial charge in [0.2, 0.25) is 0 Å². The summed E-state index contributed by atoms with van der Waals surface area (Å²) < 4.78 is 7.74. The van der Waals surface area contributed by atoms with E-state index in [9.17, 15) is 4.79 Å². The van der Waals surface area contributed by atoms with Crippen LogP contribution in [-0.2, 0) is 0 Å². The molecule has 6 aromatic rings. The smallest absolute Gasteiger partial charge is 0.355 e. The van der Waals surface area contributed by atoms with Crippen LogP contribution in [0, 0.1) is 0 Å². The molecule has 5 nitrogen and oxygen atoms in total. The fourth-order valence-corrected chi connectivity index (χ4v) is 4.98. The average molecular weight is 468 g/mol. The molecule has 0 amide bonds. The van der Waals surface area contributed by atoms with Crippen molar-refractivity contribution >= 4 is 33.2 Å². The van der Waals surface area contributed by atoms with Gasteiger partial charge in [0.15, 0.2) is 11.5 Å². The Balaban J connectivity index is 1.35. The molecule has 0 atom stereocenters. The first-order valence-electron chi connectivity index (χ1n) is 12.0. The van der Waals surface area contributed by atoms with E-state index in [1.54, 1.807) is 6.20 Å². The number of pyridine rings is 1. The van der Waals surface area contributed by atoms with Crippen LogP contribution in [0.25, 0.3) is 55.4 Å². The Bertz CT molecular complexity index is 1910. The van der Waals surface area contributed by atoms with Crippen molar-refractivity contribution in [2.75, 3.05) is 0 Å². The fraction of sp³-hybridized carbons (Fsp3) is 0.0645. The maximum Gasteiger partial charge on any atom is 0.355 e. The minimum absolute atomic E-state index is 0.329.